The van der Waals surface area contributed by atoms with Crippen molar-refractivity contribution < 1.29 is 9.59 Å². The normalized spacial score (nSPS) is 12.4. The number of hydrogen-bond donors (Lipinski definition) is 2. The quantitative estimate of drug-likeness (QED) is 0.332. The van der Waals surface area contributed by atoms with E-state index in [1.54, 1.807) is 13.1 Å². The SMILES string of the molecule is CCCC/C(=N/C(C)c1ccc(Cl)cc1)N(Cc1cccc(C(=O)NCC(=O)NC)c1)C(C)C. The van der Waals surface area contributed by atoms with Crippen LogP contribution in [0.2, 0.25) is 5.02 Å². The summed E-state index contributed by atoms with van der Waals surface area (Å²) in [5.74, 6) is 0.564. The smallest absolute Gasteiger partial charge is 0.251 e. The molecule has 2 aromatic rings. The maximum Gasteiger partial charge on any atom is 0.251 e. The molecule has 2 amide bonds. The van der Waals surface area contributed by atoms with E-state index >= 15 is 0 Å². The third-order valence-corrected chi connectivity index (χ3v) is 5.89. The summed E-state index contributed by atoms with van der Waals surface area (Å²) >= 11 is 6.06. The summed E-state index contributed by atoms with van der Waals surface area (Å²) in [7, 11) is 1.54. The van der Waals surface area contributed by atoms with Gasteiger partial charge in [-0.25, -0.2) is 0 Å². The Balaban J connectivity index is 2.26. The molecule has 0 bridgehead atoms. The van der Waals surface area contributed by atoms with Crippen molar-refractivity contribution in [3.63, 3.8) is 0 Å². The molecule has 7 heteroatoms. The van der Waals surface area contributed by atoms with E-state index in [0.29, 0.717) is 17.1 Å². The zero-order valence-electron chi connectivity index (χ0n) is 20.9. The molecule has 2 rings (SSSR count). The average Bonchev–Trinajstić information content (AvgIpc) is 2.83. The third kappa shape index (κ3) is 8.49. The molecule has 0 aromatic heterocycles. The van der Waals surface area contributed by atoms with Gasteiger partial charge in [0.15, 0.2) is 0 Å². The first-order valence-electron chi connectivity index (χ1n) is 11.9. The van der Waals surface area contributed by atoms with Gasteiger partial charge in [-0.3, -0.25) is 14.6 Å². The van der Waals surface area contributed by atoms with Crippen molar-refractivity contribution in [2.45, 2.75) is 65.6 Å². The maximum absolute atomic E-state index is 12.5. The molecule has 2 aromatic carbocycles. The first-order chi connectivity index (χ1) is 16.2. The van der Waals surface area contributed by atoms with Crippen molar-refractivity contribution in [2.75, 3.05) is 13.6 Å². The van der Waals surface area contributed by atoms with Crippen molar-refractivity contribution >= 4 is 29.3 Å². The van der Waals surface area contributed by atoms with Crippen LogP contribution in [0.4, 0.5) is 0 Å². The summed E-state index contributed by atoms with van der Waals surface area (Å²) < 4.78 is 0. The highest BCUT2D eigenvalue weighted by Crippen LogP contribution is 2.22. The number of carbonyl (C=O) groups is 2. The van der Waals surface area contributed by atoms with E-state index in [0.717, 1.165) is 36.2 Å². The highest BCUT2D eigenvalue weighted by atomic mass is 35.5. The minimum atomic E-state index is -0.266. The topological polar surface area (TPSA) is 73.8 Å². The molecule has 0 aliphatic rings. The molecule has 0 heterocycles. The van der Waals surface area contributed by atoms with Crippen LogP contribution >= 0.6 is 11.6 Å². The molecule has 0 saturated heterocycles. The lowest BCUT2D eigenvalue weighted by Crippen LogP contribution is -2.37. The molecule has 0 fully saturated rings. The lowest BCUT2D eigenvalue weighted by atomic mass is 10.1. The standard InChI is InChI=1S/C27H37ClN4O2/c1-6-7-11-25(31-20(4)22-12-14-24(28)15-13-22)32(19(2)3)18-21-9-8-10-23(16-21)27(34)30-17-26(33)29-5/h8-10,12-16,19-20H,6-7,11,17-18H2,1-5H3,(H,29,33)(H,30,34)/b31-25-. The van der Waals surface area contributed by atoms with E-state index in [-0.39, 0.29) is 30.4 Å². The lowest BCUT2D eigenvalue weighted by molar-refractivity contribution is -0.119. The molecular formula is C27H37ClN4O2. The van der Waals surface area contributed by atoms with Crippen molar-refractivity contribution in [3.05, 3.63) is 70.2 Å². The van der Waals surface area contributed by atoms with Crippen LogP contribution in [0.1, 0.15) is 74.5 Å². The second kappa shape index (κ2) is 13.8. The van der Waals surface area contributed by atoms with Gasteiger partial charge < -0.3 is 15.5 Å². The van der Waals surface area contributed by atoms with E-state index in [1.165, 1.54) is 0 Å². The van der Waals surface area contributed by atoms with Crippen molar-refractivity contribution in [2.24, 2.45) is 4.99 Å². The van der Waals surface area contributed by atoms with E-state index < -0.39 is 0 Å². The number of carbonyl (C=O) groups excluding carboxylic acids is 2. The Kier molecular flexibility index (Phi) is 11.1. The monoisotopic (exact) mass is 484 g/mol. The van der Waals surface area contributed by atoms with Crippen molar-refractivity contribution in [1.29, 1.82) is 0 Å². The minimum Gasteiger partial charge on any atom is -0.358 e. The largest absolute Gasteiger partial charge is 0.358 e. The second-order valence-electron chi connectivity index (χ2n) is 8.65. The molecule has 0 saturated carbocycles. The highest BCUT2D eigenvalue weighted by Gasteiger charge is 2.18. The Bertz CT molecular complexity index is 973. The van der Waals surface area contributed by atoms with Gasteiger partial charge in [-0.05, 0) is 62.6 Å². The number of unbranched alkanes of at least 4 members (excludes halogenated alkanes) is 1. The van der Waals surface area contributed by atoms with Crippen molar-refractivity contribution in [3.8, 4) is 0 Å². The zero-order chi connectivity index (χ0) is 25.1. The van der Waals surface area contributed by atoms with Crippen LogP contribution in [-0.4, -0.2) is 42.2 Å². The maximum atomic E-state index is 12.5. The number of halogens is 1. The molecule has 0 radical (unpaired) electrons. The molecule has 0 aliphatic carbocycles. The van der Waals surface area contributed by atoms with E-state index in [1.807, 2.05) is 42.5 Å². The number of benzene rings is 2. The van der Waals surface area contributed by atoms with Crippen LogP contribution in [0.3, 0.4) is 0 Å². The Morgan fingerprint density at radius 3 is 2.41 bits per heavy atom. The Morgan fingerprint density at radius 1 is 1.09 bits per heavy atom. The van der Waals surface area contributed by atoms with Crippen LogP contribution in [0.25, 0.3) is 0 Å². The zero-order valence-corrected chi connectivity index (χ0v) is 21.7. The number of likely N-dealkylation sites (N-methyl/N-ethyl adjacent to an activating group) is 1. The Labute approximate surface area is 208 Å². The fraction of sp³-hybridized carbons (Fsp3) is 0.444. The molecule has 34 heavy (non-hydrogen) atoms. The first kappa shape index (κ1) is 27.4. The van der Waals surface area contributed by atoms with Crippen LogP contribution in [-0.2, 0) is 11.3 Å². The van der Waals surface area contributed by atoms with Crippen LogP contribution in [0.15, 0.2) is 53.5 Å². The molecule has 2 N–H and O–H groups in total. The van der Waals surface area contributed by atoms with Gasteiger partial charge in [-0.15, -0.1) is 0 Å². The van der Waals surface area contributed by atoms with E-state index in [9.17, 15) is 9.59 Å². The van der Waals surface area contributed by atoms with Gasteiger partial charge in [0.05, 0.1) is 12.6 Å². The first-order valence-corrected chi connectivity index (χ1v) is 12.3. The fourth-order valence-corrected chi connectivity index (χ4v) is 3.71. The summed E-state index contributed by atoms with van der Waals surface area (Å²) in [6.07, 6.45) is 3.03. The van der Waals surface area contributed by atoms with Gasteiger partial charge in [-0.1, -0.05) is 49.2 Å². The lowest BCUT2D eigenvalue weighted by Gasteiger charge is -2.31. The molecule has 0 aliphatic heterocycles. The Hall–Kier alpha value is -2.86. The number of nitrogens with one attached hydrogen (secondary N) is 2. The summed E-state index contributed by atoms with van der Waals surface area (Å²) in [4.78, 5) is 31.4. The van der Waals surface area contributed by atoms with E-state index in [2.05, 4.69) is 43.2 Å². The predicted octanol–water partition coefficient (Wildman–Crippen LogP) is 5.38. The van der Waals surface area contributed by atoms with Gasteiger partial charge in [0.2, 0.25) is 5.91 Å². The summed E-state index contributed by atoms with van der Waals surface area (Å²) in [6.45, 7) is 9.20. The number of aliphatic imine (C=N–C) groups is 1. The fourth-order valence-electron chi connectivity index (χ4n) is 3.59. The van der Waals surface area contributed by atoms with Crippen LogP contribution < -0.4 is 10.6 Å². The Morgan fingerprint density at radius 2 is 1.79 bits per heavy atom. The van der Waals surface area contributed by atoms with Crippen LogP contribution in [0, 0.1) is 0 Å². The minimum absolute atomic E-state index is 0.00666. The molecular weight excluding hydrogens is 448 g/mol. The summed E-state index contributed by atoms with van der Waals surface area (Å²) in [5, 5.41) is 5.87. The van der Waals surface area contributed by atoms with Gasteiger partial charge in [-0.2, -0.15) is 0 Å². The third-order valence-electron chi connectivity index (χ3n) is 5.63. The van der Waals surface area contributed by atoms with Gasteiger partial charge >= 0.3 is 0 Å². The molecule has 184 valence electrons. The molecule has 6 nitrogen and oxygen atoms in total. The number of amidine groups is 1. The van der Waals surface area contributed by atoms with Gasteiger partial charge in [0.25, 0.3) is 5.91 Å². The van der Waals surface area contributed by atoms with E-state index in [4.69, 9.17) is 16.6 Å². The number of amides is 2. The highest BCUT2D eigenvalue weighted by molar-refractivity contribution is 6.30. The summed E-state index contributed by atoms with van der Waals surface area (Å²) in [6, 6.07) is 15.6. The molecule has 0 spiro atoms. The number of hydrogen-bond acceptors (Lipinski definition) is 3. The number of rotatable bonds is 11. The predicted molar refractivity (Wildman–Crippen MR) is 140 cm³/mol. The summed E-state index contributed by atoms with van der Waals surface area (Å²) in [5.41, 5.74) is 2.67. The average molecular weight is 485 g/mol. The molecule has 1 unspecified atom stereocenters. The van der Waals surface area contributed by atoms with Crippen LogP contribution in [0.5, 0.6) is 0 Å². The molecule has 1 atom stereocenters. The number of nitrogens with zero attached hydrogens (tertiary/aromatic N) is 2. The second-order valence-corrected chi connectivity index (χ2v) is 9.09. The van der Waals surface area contributed by atoms with Gasteiger partial charge in [0, 0.05) is 36.6 Å². The van der Waals surface area contributed by atoms with Crippen molar-refractivity contribution in [1.82, 2.24) is 15.5 Å². The van der Waals surface area contributed by atoms with Gasteiger partial charge in [0.1, 0.15) is 5.84 Å².